The molecule has 1 atom stereocenters. The quantitative estimate of drug-likeness (QED) is 0.163. The summed E-state index contributed by atoms with van der Waals surface area (Å²) in [6, 6.07) is 61.0. The van der Waals surface area contributed by atoms with Gasteiger partial charge in [-0.25, -0.2) is 0 Å². The Morgan fingerprint density at radius 2 is 0.981 bits per heavy atom. The first-order valence-corrected chi connectivity index (χ1v) is 19.9. The van der Waals surface area contributed by atoms with Gasteiger partial charge in [0.1, 0.15) is 0 Å². The molecule has 0 saturated carbocycles. The van der Waals surface area contributed by atoms with Crippen LogP contribution in [-0.4, -0.2) is 0 Å². The fourth-order valence-electron chi connectivity index (χ4n) is 9.28. The van der Waals surface area contributed by atoms with E-state index in [9.17, 15) is 0 Å². The highest BCUT2D eigenvalue weighted by molar-refractivity contribution is 7.25. The van der Waals surface area contributed by atoms with E-state index in [1.54, 1.807) is 0 Å². The van der Waals surface area contributed by atoms with Gasteiger partial charge in [0.15, 0.2) is 0 Å². The highest BCUT2D eigenvalue weighted by Gasteiger charge is 2.45. The Bertz CT molecular complexity index is 2560. The second kappa shape index (κ2) is 12.8. The Hall–Kier alpha value is -5.64. The minimum Gasteiger partial charge on any atom is -0.310 e. The summed E-state index contributed by atoms with van der Waals surface area (Å²) in [5.41, 5.74) is 14.6. The van der Waals surface area contributed by atoms with Gasteiger partial charge in [-0.3, -0.25) is 0 Å². The molecule has 10 rings (SSSR count). The van der Waals surface area contributed by atoms with E-state index in [4.69, 9.17) is 0 Å². The molecule has 1 heterocycles. The van der Waals surface area contributed by atoms with E-state index in [1.165, 1.54) is 82.1 Å². The molecule has 0 aliphatic heterocycles. The van der Waals surface area contributed by atoms with Crippen LogP contribution >= 0.6 is 11.3 Å². The summed E-state index contributed by atoms with van der Waals surface area (Å²) in [5, 5.41) is 2.71. The van der Waals surface area contributed by atoms with Crippen molar-refractivity contribution in [3.63, 3.8) is 0 Å². The Labute approximate surface area is 316 Å². The molecule has 1 aromatic heterocycles. The largest absolute Gasteiger partial charge is 0.310 e. The average molecular weight is 703 g/mol. The molecule has 3 heteroatoms. The maximum absolute atomic E-state index is 2.56. The summed E-state index contributed by atoms with van der Waals surface area (Å²) >= 11 is 1.90. The molecule has 0 bridgehead atoms. The number of para-hydroxylation sites is 3. The molecule has 0 radical (unpaired) electrons. The highest BCUT2D eigenvalue weighted by Crippen LogP contribution is 2.55. The molecular weight excluding hydrogens is 661 g/mol. The normalized spacial score (nSPS) is 16.1. The van der Waals surface area contributed by atoms with Crippen molar-refractivity contribution >= 4 is 65.6 Å². The van der Waals surface area contributed by atoms with Crippen molar-refractivity contribution in [2.45, 2.75) is 50.9 Å². The molecule has 0 fully saturated rings. The molecule has 0 unspecified atom stereocenters. The monoisotopic (exact) mass is 702 g/mol. The van der Waals surface area contributed by atoms with Crippen LogP contribution in [0.15, 0.2) is 164 Å². The van der Waals surface area contributed by atoms with Crippen molar-refractivity contribution in [3.8, 4) is 0 Å². The summed E-state index contributed by atoms with van der Waals surface area (Å²) in [6.45, 7) is 4.67. The summed E-state index contributed by atoms with van der Waals surface area (Å²) < 4.78 is 2.68. The van der Waals surface area contributed by atoms with Crippen molar-refractivity contribution in [2.24, 2.45) is 0 Å². The maximum Gasteiger partial charge on any atom is 0.0510 e. The van der Waals surface area contributed by atoms with Crippen LogP contribution in [0.5, 0.6) is 0 Å². The molecule has 53 heavy (non-hydrogen) atoms. The first-order valence-electron chi connectivity index (χ1n) is 19.0. The molecule has 8 aromatic rings. The van der Waals surface area contributed by atoms with E-state index in [0.29, 0.717) is 5.92 Å². The molecule has 0 amide bonds. The van der Waals surface area contributed by atoms with Crippen LogP contribution in [0.3, 0.4) is 0 Å². The number of benzene rings is 7. The van der Waals surface area contributed by atoms with Crippen molar-refractivity contribution < 1.29 is 0 Å². The van der Waals surface area contributed by atoms with Crippen LogP contribution in [-0.2, 0) is 18.3 Å². The molecule has 2 nitrogen and oxygen atoms in total. The summed E-state index contributed by atoms with van der Waals surface area (Å²) in [5.74, 6) is 0.359. The van der Waals surface area contributed by atoms with Gasteiger partial charge in [-0.1, -0.05) is 98.8 Å². The second-order valence-corrected chi connectivity index (χ2v) is 16.2. The van der Waals surface area contributed by atoms with E-state index in [-0.39, 0.29) is 5.41 Å². The van der Waals surface area contributed by atoms with Gasteiger partial charge in [-0.15, -0.1) is 11.3 Å². The fourth-order valence-corrected chi connectivity index (χ4v) is 10.4. The molecule has 258 valence electrons. The number of nitrogens with zero attached hydrogens (tertiary/aromatic N) is 2. The second-order valence-electron chi connectivity index (χ2n) is 15.1. The lowest BCUT2D eigenvalue weighted by atomic mass is 9.76. The van der Waals surface area contributed by atoms with E-state index in [1.807, 2.05) is 11.3 Å². The van der Waals surface area contributed by atoms with Crippen LogP contribution < -0.4 is 9.80 Å². The third-order valence-electron chi connectivity index (χ3n) is 11.8. The zero-order valence-corrected chi connectivity index (χ0v) is 31.1. The van der Waals surface area contributed by atoms with Crippen LogP contribution in [0.4, 0.5) is 34.1 Å². The Balaban J connectivity index is 1.13. The zero-order chi connectivity index (χ0) is 35.5. The van der Waals surface area contributed by atoms with E-state index < -0.39 is 0 Å². The molecule has 2 aliphatic rings. The lowest BCUT2D eigenvalue weighted by Crippen LogP contribution is -2.22. The van der Waals surface area contributed by atoms with E-state index in [2.05, 4.69) is 187 Å². The first kappa shape index (κ1) is 32.0. The van der Waals surface area contributed by atoms with Gasteiger partial charge in [0, 0.05) is 54.0 Å². The van der Waals surface area contributed by atoms with Gasteiger partial charge in [0.2, 0.25) is 0 Å². The number of hydrogen-bond donors (Lipinski definition) is 0. The minimum atomic E-state index is -0.00556. The third-order valence-corrected chi connectivity index (χ3v) is 12.9. The number of anilines is 6. The smallest absolute Gasteiger partial charge is 0.0510 e. The van der Waals surface area contributed by atoms with Gasteiger partial charge < -0.3 is 9.80 Å². The van der Waals surface area contributed by atoms with E-state index >= 15 is 0 Å². The number of rotatable bonds is 7. The molecule has 2 aliphatic carbocycles. The van der Waals surface area contributed by atoms with Gasteiger partial charge in [-0.05, 0) is 138 Å². The predicted molar refractivity (Wildman–Crippen MR) is 227 cm³/mol. The predicted octanol–water partition coefficient (Wildman–Crippen LogP) is 14.3. The standard InChI is InChI=1S/C50H42N2S/c1-34(2)43-32-44-42-20-12-13-21-48(42)53-49(44)33-47(43)52(39-18-10-5-11-19-39)41-25-23-36-27-29-50(46(36)31-41)28-26-35-22-24-40(30-45(35)50)51(37-14-6-3-7-15-37)38-16-8-4-9-17-38/h3-25,30-34H,26-29H2,1-2H3/t50-/m1/s1. The average Bonchev–Trinajstić information content (AvgIpc) is 3.89. The van der Waals surface area contributed by atoms with Crippen LogP contribution in [0.25, 0.3) is 20.2 Å². The number of aryl methyl sites for hydroxylation is 2. The number of hydrogen-bond acceptors (Lipinski definition) is 3. The zero-order valence-electron chi connectivity index (χ0n) is 30.3. The maximum atomic E-state index is 2.56. The number of thiophene rings is 1. The third kappa shape index (κ3) is 5.29. The topological polar surface area (TPSA) is 6.48 Å². The Morgan fingerprint density at radius 1 is 0.472 bits per heavy atom. The van der Waals surface area contributed by atoms with Crippen molar-refractivity contribution in [2.75, 3.05) is 9.80 Å². The molecule has 1 spiro atoms. The van der Waals surface area contributed by atoms with E-state index in [0.717, 1.165) is 25.7 Å². The summed E-state index contributed by atoms with van der Waals surface area (Å²) in [6.07, 6.45) is 4.51. The molecule has 0 saturated heterocycles. The summed E-state index contributed by atoms with van der Waals surface area (Å²) in [7, 11) is 0. The number of fused-ring (bicyclic) bond motifs is 7. The van der Waals surface area contributed by atoms with Gasteiger partial charge in [-0.2, -0.15) is 0 Å². The van der Waals surface area contributed by atoms with Gasteiger partial charge in [0.25, 0.3) is 0 Å². The van der Waals surface area contributed by atoms with Crippen molar-refractivity contribution in [1.29, 1.82) is 0 Å². The molecule has 7 aromatic carbocycles. The lowest BCUT2D eigenvalue weighted by Gasteiger charge is -2.32. The SMILES string of the molecule is CC(C)c1cc2c(cc1N(c1ccccc1)c1ccc3c(c1)[C@]1(CCc4ccc(N(c5ccccc5)c5ccccc5)cc41)CC3)sc1ccccc12. The molecular formula is C50H42N2S. The first-order chi connectivity index (χ1) is 26.1. The molecule has 0 N–H and O–H groups in total. The van der Waals surface area contributed by atoms with Crippen LogP contribution in [0.1, 0.15) is 60.4 Å². The van der Waals surface area contributed by atoms with Crippen molar-refractivity contribution in [3.05, 3.63) is 192 Å². The minimum absolute atomic E-state index is 0.00556. The van der Waals surface area contributed by atoms with Gasteiger partial charge >= 0.3 is 0 Å². The van der Waals surface area contributed by atoms with Gasteiger partial charge in [0.05, 0.1) is 5.69 Å². The van der Waals surface area contributed by atoms with Crippen LogP contribution in [0, 0.1) is 0 Å². The Kier molecular flexibility index (Phi) is 7.73. The summed E-state index contributed by atoms with van der Waals surface area (Å²) in [4.78, 5) is 4.94. The van der Waals surface area contributed by atoms with Crippen LogP contribution in [0.2, 0.25) is 0 Å². The van der Waals surface area contributed by atoms with Crippen molar-refractivity contribution in [1.82, 2.24) is 0 Å². The lowest BCUT2D eigenvalue weighted by molar-refractivity contribution is 0.507. The Morgan fingerprint density at radius 3 is 1.55 bits per heavy atom. The highest BCUT2D eigenvalue weighted by atomic mass is 32.1. The fraction of sp³-hybridized carbons (Fsp3) is 0.160.